The van der Waals surface area contributed by atoms with Crippen molar-refractivity contribution in [3.05, 3.63) is 0 Å². The van der Waals surface area contributed by atoms with Crippen molar-refractivity contribution in [1.82, 2.24) is 9.80 Å². The molecule has 0 aliphatic rings. The van der Waals surface area contributed by atoms with Gasteiger partial charge in [-0.05, 0) is 54.0 Å². The van der Waals surface area contributed by atoms with Crippen LogP contribution < -0.4 is 0 Å². The Kier molecular flexibility index (Phi) is 7.60. The zero-order chi connectivity index (χ0) is 12.7. The van der Waals surface area contributed by atoms with Crippen LogP contribution in [0.15, 0.2) is 0 Å². The van der Waals surface area contributed by atoms with E-state index in [-0.39, 0.29) is 12.0 Å². The zero-order valence-electron chi connectivity index (χ0n) is 11.8. The molecule has 0 fully saturated rings. The SMILES string of the molecule is CCC(C)C(=O)C(CCCN(C)C)N(C)C. The lowest BCUT2D eigenvalue weighted by molar-refractivity contribution is -0.127. The van der Waals surface area contributed by atoms with Crippen molar-refractivity contribution in [1.29, 1.82) is 0 Å². The zero-order valence-corrected chi connectivity index (χ0v) is 11.8. The highest BCUT2D eigenvalue weighted by atomic mass is 16.1. The van der Waals surface area contributed by atoms with Crippen LogP contribution in [0.5, 0.6) is 0 Å². The second kappa shape index (κ2) is 7.80. The quantitative estimate of drug-likeness (QED) is 0.634. The van der Waals surface area contributed by atoms with E-state index < -0.39 is 0 Å². The van der Waals surface area contributed by atoms with E-state index >= 15 is 0 Å². The van der Waals surface area contributed by atoms with E-state index in [2.05, 4.69) is 30.8 Å². The lowest BCUT2D eigenvalue weighted by atomic mass is 9.94. The Morgan fingerprint density at radius 1 is 1.19 bits per heavy atom. The Balaban J connectivity index is 4.22. The Labute approximate surface area is 101 Å². The maximum Gasteiger partial charge on any atom is 0.152 e. The fraction of sp³-hybridized carbons (Fsp3) is 0.923. The van der Waals surface area contributed by atoms with Crippen LogP contribution >= 0.6 is 0 Å². The van der Waals surface area contributed by atoms with E-state index in [0.29, 0.717) is 5.78 Å². The highest BCUT2D eigenvalue weighted by molar-refractivity contribution is 5.85. The van der Waals surface area contributed by atoms with Gasteiger partial charge in [-0.2, -0.15) is 0 Å². The largest absolute Gasteiger partial charge is 0.309 e. The number of carbonyl (C=O) groups excluding carboxylic acids is 1. The van der Waals surface area contributed by atoms with Gasteiger partial charge in [0, 0.05) is 5.92 Å². The predicted octanol–water partition coefficient (Wildman–Crippen LogP) is 1.87. The molecular formula is C13H28N2O. The minimum atomic E-state index is 0.0925. The Morgan fingerprint density at radius 3 is 2.12 bits per heavy atom. The molecular weight excluding hydrogens is 200 g/mol. The molecule has 0 spiro atoms. The maximum atomic E-state index is 12.1. The average Bonchev–Trinajstić information content (AvgIpc) is 2.21. The Hall–Kier alpha value is -0.410. The maximum absolute atomic E-state index is 12.1. The molecule has 3 nitrogen and oxygen atoms in total. The van der Waals surface area contributed by atoms with Gasteiger partial charge in [0.25, 0.3) is 0 Å². The summed E-state index contributed by atoms with van der Waals surface area (Å²) in [6, 6.07) is 0.0925. The smallest absolute Gasteiger partial charge is 0.152 e. The van der Waals surface area contributed by atoms with Gasteiger partial charge >= 0.3 is 0 Å². The number of ketones is 1. The van der Waals surface area contributed by atoms with Gasteiger partial charge < -0.3 is 4.90 Å². The fourth-order valence-electron chi connectivity index (χ4n) is 1.79. The monoisotopic (exact) mass is 228 g/mol. The summed E-state index contributed by atoms with van der Waals surface area (Å²) in [4.78, 5) is 16.4. The van der Waals surface area contributed by atoms with Crippen LogP contribution in [0.3, 0.4) is 0 Å². The molecule has 0 N–H and O–H groups in total. The highest BCUT2D eigenvalue weighted by Gasteiger charge is 2.23. The minimum Gasteiger partial charge on any atom is -0.309 e. The molecule has 2 unspecified atom stereocenters. The summed E-state index contributed by atoms with van der Waals surface area (Å²) in [7, 11) is 8.14. The van der Waals surface area contributed by atoms with Crippen molar-refractivity contribution in [2.45, 2.75) is 39.2 Å². The van der Waals surface area contributed by atoms with Gasteiger partial charge in [-0.1, -0.05) is 13.8 Å². The Bertz CT molecular complexity index is 202. The summed E-state index contributed by atoms with van der Waals surface area (Å²) in [5.41, 5.74) is 0. The van der Waals surface area contributed by atoms with Gasteiger partial charge in [-0.3, -0.25) is 9.69 Å². The first-order chi connectivity index (χ1) is 7.40. The molecule has 0 radical (unpaired) electrons. The van der Waals surface area contributed by atoms with Crippen LogP contribution in [0.4, 0.5) is 0 Å². The number of rotatable bonds is 8. The van der Waals surface area contributed by atoms with E-state index in [1.807, 2.05) is 21.0 Å². The lowest BCUT2D eigenvalue weighted by Gasteiger charge is -2.26. The number of nitrogens with zero attached hydrogens (tertiary/aromatic N) is 2. The molecule has 3 heteroatoms. The number of hydrogen-bond acceptors (Lipinski definition) is 3. The van der Waals surface area contributed by atoms with Crippen LogP contribution in [0.1, 0.15) is 33.1 Å². The first kappa shape index (κ1) is 15.6. The minimum absolute atomic E-state index is 0.0925. The fourth-order valence-corrected chi connectivity index (χ4v) is 1.79. The van der Waals surface area contributed by atoms with Gasteiger partial charge in [0.05, 0.1) is 6.04 Å². The number of carbonyl (C=O) groups is 1. The van der Waals surface area contributed by atoms with Crippen molar-refractivity contribution >= 4 is 5.78 Å². The van der Waals surface area contributed by atoms with Crippen LogP contribution in [-0.4, -0.2) is 56.4 Å². The molecule has 16 heavy (non-hydrogen) atoms. The van der Waals surface area contributed by atoms with Gasteiger partial charge in [-0.15, -0.1) is 0 Å². The highest BCUT2D eigenvalue weighted by Crippen LogP contribution is 2.13. The van der Waals surface area contributed by atoms with Crippen LogP contribution in [0.25, 0.3) is 0 Å². The van der Waals surface area contributed by atoms with Crippen molar-refractivity contribution in [3.63, 3.8) is 0 Å². The average molecular weight is 228 g/mol. The van der Waals surface area contributed by atoms with E-state index in [4.69, 9.17) is 0 Å². The molecule has 0 aliphatic carbocycles. The van der Waals surface area contributed by atoms with Crippen LogP contribution in [-0.2, 0) is 4.79 Å². The number of hydrogen-bond donors (Lipinski definition) is 0. The molecule has 2 atom stereocenters. The van der Waals surface area contributed by atoms with Crippen LogP contribution in [0, 0.1) is 5.92 Å². The first-order valence-corrected chi connectivity index (χ1v) is 6.25. The van der Waals surface area contributed by atoms with Crippen molar-refractivity contribution in [2.24, 2.45) is 5.92 Å². The topological polar surface area (TPSA) is 23.6 Å². The molecule has 0 aromatic heterocycles. The third-order valence-electron chi connectivity index (χ3n) is 3.13. The first-order valence-electron chi connectivity index (χ1n) is 6.25. The molecule has 0 saturated carbocycles. The van der Waals surface area contributed by atoms with Gasteiger partial charge in [0.2, 0.25) is 0 Å². The summed E-state index contributed by atoms with van der Waals surface area (Å²) in [6.45, 7) is 5.16. The summed E-state index contributed by atoms with van der Waals surface area (Å²) in [5, 5.41) is 0. The molecule has 96 valence electrons. The van der Waals surface area contributed by atoms with Gasteiger partial charge in [0.15, 0.2) is 5.78 Å². The molecule has 0 aromatic carbocycles. The molecule has 0 amide bonds. The lowest BCUT2D eigenvalue weighted by Crippen LogP contribution is -2.39. The van der Waals surface area contributed by atoms with Crippen molar-refractivity contribution in [3.8, 4) is 0 Å². The second-order valence-electron chi connectivity index (χ2n) is 5.14. The van der Waals surface area contributed by atoms with E-state index in [9.17, 15) is 4.79 Å². The molecule has 0 heterocycles. The van der Waals surface area contributed by atoms with Crippen molar-refractivity contribution in [2.75, 3.05) is 34.7 Å². The third kappa shape index (κ3) is 5.61. The molecule has 0 rings (SSSR count). The Morgan fingerprint density at radius 2 is 1.75 bits per heavy atom. The third-order valence-corrected chi connectivity index (χ3v) is 3.13. The van der Waals surface area contributed by atoms with E-state index in [1.54, 1.807) is 0 Å². The predicted molar refractivity (Wildman–Crippen MR) is 69.7 cm³/mol. The van der Waals surface area contributed by atoms with E-state index in [0.717, 1.165) is 25.8 Å². The summed E-state index contributed by atoms with van der Waals surface area (Å²) in [5.74, 6) is 0.581. The normalized spacial score (nSPS) is 15.5. The summed E-state index contributed by atoms with van der Waals surface area (Å²) >= 11 is 0. The molecule has 0 bridgehead atoms. The number of Topliss-reactive ketones (excluding diaryl/α,β-unsaturated/α-hetero) is 1. The molecule has 0 saturated heterocycles. The number of likely N-dealkylation sites (N-methyl/N-ethyl adjacent to an activating group) is 1. The molecule has 0 aromatic rings. The standard InChI is InChI=1S/C13H28N2O/c1-7-11(2)13(16)12(15(5)6)9-8-10-14(3)4/h11-12H,7-10H2,1-6H3. The molecule has 0 aliphatic heterocycles. The summed E-state index contributed by atoms with van der Waals surface area (Å²) in [6.07, 6.45) is 2.99. The van der Waals surface area contributed by atoms with Crippen LogP contribution in [0.2, 0.25) is 0 Å². The van der Waals surface area contributed by atoms with E-state index in [1.165, 1.54) is 0 Å². The summed E-state index contributed by atoms with van der Waals surface area (Å²) < 4.78 is 0. The van der Waals surface area contributed by atoms with Gasteiger partial charge in [0.1, 0.15) is 0 Å². The van der Waals surface area contributed by atoms with Crippen molar-refractivity contribution < 1.29 is 4.79 Å². The van der Waals surface area contributed by atoms with Gasteiger partial charge in [-0.25, -0.2) is 0 Å². The second-order valence-corrected chi connectivity index (χ2v) is 5.14.